The van der Waals surface area contributed by atoms with Gasteiger partial charge in [0, 0.05) is 37.2 Å². The van der Waals surface area contributed by atoms with Crippen LogP contribution in [0.4, 0.5) is 0 Å². The van der Waals surface area contributed by atoms with Crippen molar-refractivity contribution in [3.8, 4) is 5.75 Å². The molecule has 0 N–H and O–H groups in total. The molecule has 1 unspecified atom stereocenters. The van der Waals surface area contributed by atoms with E-state index < -0.39 is 0 Å². The van der Waals surface area contributed by atoms with Crippen LogP contribution in [0.5, 0.6) is 5.75 Å². The smallest absolute Gasteiger partial charge is 0.119 e. The number of rotatable bonds is 8. The molecule has 4 nitrogen and oxygen atoms in total. The van der Waals surface area contributed by atoms with Crippen LogP contribution in [-0.2, 0) is 17.7 Å². The van der Waals surface area contributed by atoms with Gasteiger partial charge in [0.05, 0.1) is 11.1 Å². The largest absolute Gasteiger partial charge is 0.491 e. The molecule has 0 bridgehead atoms. The topological polar surface area (TPSA) is 34.6 Å². The van der Waals surface area contributed by atoms with E-state index in [1.807, 2.05) is 6.20 Å². The number of hydrogen-bond donors (Lipinski definition) is 0. The Kier molecular flexibility index (Phi) is 6.24. The second-order valence-corrected chi connectivity index (χ2v) is 7.76. The maximum atomic E-state index is 5.81. The highest BCUT2D eigenvalue weighted by atomic mass is 32.1. The van der Waals surface area contributed by atoms with Gasteiger partial charge in [0.1, 0.15) is 12.4 Å². The molecule has 1 saturated heterocycles. The van der Waals surface area contributed by atoms with E-state index in [2.05, 4.69) is 48.1 Å². The van der Waals surface area contributed by atoms with Gasteiger partial charge in [-0.3, -0.25) is 0 Å². The van der Waals surface area contributed by atoms with Gasteiger partial charge < -0.3 is 14.4 Å². The van der Waals surface area contributed by atoms with E-state index in [4.69, 9.17) is 9.47 Å². The molecule has 130 valence electrons. The van der Waals surface area contributed by atoms with E-state index in [1.54, 1.807) is 11.3 Å². The zero-order valence-corrected chi connectivity index (χ0v) is 15.3. The molecular formula is C19H26N2O2S. The summed E-state index contributed by atoms with van der Waals surface area (Å²) < 4.78 is 11.4. The Bertz CT molecular complexity index is 621. The highest BCUT2D eigenvalue weighted by Crippen LogP contribution is 2.17. The standard InChI is InChI=1S/C19H26N2O2S/c1-15-12-20-19(24-15)9-10-21(2)13-16-5-7-17(8-6-16)23-14-18-4-3-11-22-18/h5-8,12,18H,3-4,9-11,13-14H2,1-2H3. The van der Waals surface area contributed by atoms with Crippen molar-refractivity contribution in [2.45, 2.75) is 38.8 Å². The molecule has 0 saturated carbocycles. The van der Waals surface area contributed by atoms with Gasteiger partial charge >= 0.3 is 0 Å². The maximum absolute atomic E-state index is 5.81. The minimum Gasteiger partial charge on any atom is -0.491 e. The molecule has 3 rings (SSSR count). The van der Waals surface area contributed by atoms with Gasteiger partial charge in [0.15, 0.2) is 0 Å². The van der Waals surface area contributed by atoms with E-state index in [9.17, 15) is 0 Å². The summed E-state index contributed by atoms with van der Waals surface area (Å²) in [5.74, 6) is 0.926. The van der Waals surface area contributed by atoms with Crippen LogP contribution in [0.1, 0.15) is 28.3 Å². The van der Waals surface area contributed by atoms with E-state index in [-0.39, 0.29) is 6.10 Å². The predicted molar refractivity (Wildman–Crippen MR) is 97.8 cm³/mol. The maximum Gasteiger partial charge on any atom is 0.119 e. The van der Waals surface area contributed by atoms with Crippen molar-refractivity contribution in [2.75, 3.05) is 26.8 Å². The second-order valence-electron chi connectivity index (χ2n) is 6.44. The summed E-state index contributed by atoms with van der Waals surface area (Å²) in [6.45, 7) is 5.60. The first kappa shape index (κ1) is 17.4. The molecular weight excluding hydrogens is 320 g/mol. The van der Waals surface area contributed by atoms with Gasteiger partial charge in [-0.15, -0.1) is 11.3 Å². The molecule has 0 spiro atoms. The molecule has 1 fully saturated rings. The highest BCUT2D eigenvalue weighted by molar-refractivity contribution is 7.11. The zero-order valence-electron chi connectivity index (χ0n) is 14.5. The number of aromatic nitrogens is 1. The van der Waals surface area contributed by atoms with E-state index in [0.29, 0.717) is 6.61 Å². The first-order valence-corrected chi connectivity index (χ1v) is 9.44. The lowest BCUT2D eigenvalue weighted by atomic mass is 10.2. The van der Waals surface area contributed by atoms with Crippen LogP contribution in [-0.4, -0.2) is 42.8 Å². The van der Waals surface area contributed by atoms with Crippen LogP contribution in [0.3, 0.4) is 0 Å². The third kappa shape index (κ3) is 5.30. The van der Waals surface area contributed by atoms with Crippen LogP contribution >= 0.6 is 11.3 Å². The van der Waals surface area contributed by atoms with Crippen LogP contribution < -0.4 is 4.74 Å². The quantitative estimate of drug-likeness (QED) is 0.730. The summed E-state index contributed by atoms with van der Waals surface area (Å²) in [4.78, 5) is 8.04. The molecule has 5 heteroatoms. The Morgan fingerprint density at radius 3 is 2.83 bits per heavy atom. The Labute approximate surface area is 148 Å². The van der Waals surface area contributed by atoms with Crippen molar-refractivity contribution < 1.29 is 9.47 Å². The van der Waals surface area contributed by atoms with Gasteiger partial charge in [-0.25, -0.2) is 4.98 Å². The van der Waals surface area contributed by atoms with Crippen molar-refractivity contribution >= 4 is 11.3 Å². The minimum atomic E-state index is 0.269. The Morgan fingerprint density at radius 1 is 1.33 bits per heavy atom. The molecule has 2 heterocycles. The monoisotopic (exact) mass is 346 g/mol. The fourth-order valence-corrected chi connectivity index (χ4v) is 3.63. The van der Waals surface area contributed by atoms with Crippen molar-refractivity contribution in [1.29, 1.82) is 0 Å². The molecule has 1 aliphatic heterocycles. The van der Waals surface area contributed by atoms with Crippen LogP contribution in [0, 0.1) is 6.92 Å². The van der Waals surface area contributed by atoms with Crippen LogP contribution in [0.25, 0.3) is 0 Å². The predicted octanol–water partition coefficient (Wildman–Crippen LogP) is 3.68. The second kappa shape index (κ2) is 8.60. The molecule has 1 aliphatic rings. The molecule has 0 amide bonds. The summed E-state index contributed by atoms with van der Waals surface area (Å²) in [7, 11) is 2.16. The highest BCUT2D eigenvalue weighted by Gasteiger charge is 2.15. The number of likely N-dealkylation sites (N-methyl/N-ethyl adjacent to an activating group) is 1. The van der Waals surface area contributed by atoms with Crippen molar-refractivity contribution in [3.63, 3.8) is 0 Å². The van der Waals surface area contributed by atoms with E-state index in [0.717, 1.165) is 44.7 Å². The molecule has 1 aromatic carbocycles. The van der Waals surface area contributed by atoms with Gasteiger partial charge in [0.2, 0.25) is 0 Å². The molecule has 2 aromatic rings. The van der Waals surface area contributed by atoms with Crippen molar-refractivity contribution in [1.82, 2.24) is 9.88 Å². The summed E-state index contributed by atoms with van der Waals surface area (Å²) in [5, 5.41) is 1.22. The van der Waals surface area contributed by atoms with E-state index >= 15 is 0 Å². The van der Waals surface area contributed by atoms with Crippen molar-refractivity contribution in [2.24, 2.45) is 0 Å². The SMILES string of the molecule is Cc1cnc(CCN(C)Cc2ccc(OCC3CCCO3)cc2)s1. The fraction of sp³-hybridized carbons (Fsp3) is 0.526. The molecule has 1 atom stereocenters. The lowest BCUT2D eigenvalue weighted by molar-refractivity contribution is 0.0679. The molecule has 0 aliphatic carbocycles. The third-order valence-corrected chi connectivity index (χ3v) is 5.18. The number of benzene rings is 1. The average Bonchev–Trinajstić information content (AvgIpc) is 3.24. The number of hydrogen-bond acceptors (Lipinski definition) is 5. The summed E-state index contributed by atoms with van der Waals surface area (Å²) >= 11 is 1.79. The first-order chi connectivity index (χ1) is 11.7. The van der Waals surface area contributed by atoms with Gasteiger partial charge in [-0.1, -0.05) is 12.1 Å². The third-order valence-electron chi connectivity index (χ3n) is 4.21. The lowest BCUT2D eigenvalue weighted by Crippen LogP contribution is -2.20. The van der Waals surface area contributed by atoms with Gasteiger partial charge in [0.25, 0.3) is 0 Å². The van der Waals surface area contributed by atoms with Gasteiger partial charge in [-0.2, -0.15) is 0 Å². The summed E-state index contributed by atoms with van der Waals surface area (Å²) in [5.41, 5.74) is 1.30. The Morgan fingerprint density at radius 2 is 2.17 bits per heavy atom. The van der Waals surface area contributed by atoms with Crippen LogP contribution in [0.15, 0.2) is 30.5 Å². The van der Waals surface area contributed by atoms with Crippen molar-refractivity contribution in [3.05, 3.63) is 45.9 Å². The number of nitrogens with zero attached hydrogens (tertiary/aromatic N) is 2. The van der Waals surface area contributed by atoms with Crippen LogP contribution in [0.2, 0.25) is 0 Å². The average molecular weight is 346 g/mol. The molecule has 1 aromatic heterocycles. The fourth-order valence-electron chi connectivity index (χ4n) is 2.85. The zero-order chi connectivity index (χ0) is 16.8. The van der Waals surface area contributed by atoms with Gasteiger partial charge in [-0.05, 0) is 44.5 Å². The van der Waals surface area contributed by atoms with E-state index in [1.165, 1.54) is 15.4 Å². The Hall–Kier alpha value is -1.43. The summed E-state index contributed by atoms with van der Waals surface area (Å²) in [6, 6.07) is 8.41. The number of aryl methyl sites for hydroxylation is 1. The minimum absolute atomic E-state index is 0.269. The number of ether oxygens (including phenoxy) is 2. The molecule has 0 radical (unpaired) electrons. The summed E-state index contributed by atoms with van der Waals surface area (Å²) in [6.07, 6.45) is 5.50. The first-order valence-electron chi connectivity index (χ1n) is 8.62. The lowest BCUT2D eigenvalue weighted by Gasteiger charge is -2.16. The number of thiazole rings is 1. The normalized spacial score (nSPS) is 17.5. The Balaban J connectivity index is 1.41. The molecule has 24 heavy (non-hydrogen) atoms.